The molecule has 120 valence electrons. The van der Waals surface area contributed by atoms with E-state index in [1.54, 1.807) is 0 Å². The average molecular weight is 371 g/mol. The first-order chi connectivity index (χ1) is 9.80. The summed E-state index contributed by atoms with van der Waals surface area (Å²) < 4.78 is 27.9. The van der Waals surface area contributed by atoms with Crippen LogP contribution in [-0.4, -0.2) is 38.4 Å². The summed E-state index contributed by atoms with van der Waals surface area (Å²) in [7, 11) is -3.61. The molecule has 2 heterocycles. The van der Waals surface area contributed by atoms with Crippen LogP contribution in [0.4, 0.5) is 0 Å². The molecule has 0 spiro atoms. The van der Waals surface area contributed by atoms with Gasteiger partial charge in [-0.05, 0) is 31.4 Å². The second-order valence-electron chi connectivity index (χ2n) is 5.70. The lowest BCUT2D eigenvalue weighted by Gasteiger charge is -2.26. The molecule has 1 fully saturated rings. The smallest absolute Gasteiger partial charge is 0.245 e. The Morgan fingerprint density at radius 3 is 2.67 bits per heavy atom. The Kier molecular flexibility index (Phi) is 5.96. The van der Waals surface area contributed by atoms with Crippen molar-refractivity contribution in [2.45, 2.75) is 37.6 Å². The first-order valence-corrected chi connectivity index (χ1v) is 10.0. The van der Waals surface area contributed by atoms with Gasteiger partial charge in [0.15, 0.2) is 0 Å². The van der Waals surface area contributed by atoms with Gasteiger partial charge in [-0.15, -0.1) is 11.3 Å². The van der Waals surface area contributed by atoms with Gasteiger partial charge < -0.3 is 5.32 Å². The molecule has 1 aromatic heterocycles. The molecule has 0 radical (unpaired) electrons. The van der Waals surface area contributed by atoms with E-state index in [2.05, 4.69) is 5.32 Å². The van der Waals surface area contributed by atoms with Crippen LogP contribution in [0.2, 0.25) is 8.67 Å². The zero-order chi connectivity index (χ0) is 15.6. The molecule has 0 aromatic carbocycles. The fraction of sp³-hybridized carbons (Fsp3) is 0.692. The third-order valence-electron chi connectivity index (χ3n) is 3.40. The monoisotopic (exact) mass is 370 g/mol. The van der Waals surface area contributed by atoms with Crippen molar-refractivity contribution in [3.63, 3.8) is 0 Å². The highest BCUT2D eigenvalue weighted by atomic mass is 35.5. The molecular formula is C13H20Cl2N2O2S2. The minimum absolute atomic E-state index is 0.123. The van der Waals surface area contributed by atoms with Crippen molar-refractivity contribution in [2.24, 2.45) is 5.92 Å². The van der Waals surface area contributed by atoms with E-state index < -0.39 is 10.0 Å². The van der Waals surface area contributed by atoms with Crippen LogP contribution < -0.4 is 5.32 Å². The van der Waals surface area contributed by atoms with Crippen molar-refractivity contribution in [2.75, 3.05) is 19.6 Å². The Balaban J connectivity index is 2.27. The molecule has 0 aliphatic carbocycles. The summed E-state index contributed by atoms with van der Waals surface area (Å²) in [6, 6.07) is 1.66. The molecule has 1 aromatic rings. The molecule has 1 atom stereocenters. The number of halogens is 2. The van der Waals surface area contributed by atoms with Crippen molar-refractivity contribution in [3.05, 3.63) is 14.7 Å². The predicted octanol–water partition coefficient (Wildman–Crippen LogP) is 3.45. The normalized spacial score (nSPS) is 19.8. The number of sulfonamides is 1. The molecule has 1 unspecified atom stereocenters. The van der Waals surface area contributed by atoms with Crippen LogP contribution in [0, 0.1) is 5.92 Å². The van der Waals surface area contributed by atoms with Crippen LogP contribution in [0.25, 0.3) is 0 Å². The summed E-state index contributed by atoms with van der Waals surface area (Å²) in [5.74, 6) is 0.245. The third-order valence-corrected chi connectivity index (χ3v) is 6.98. The van der Waals surface area contributed by atoms with Gasteiger partial charge in [0, 0.05) is 19.1 Å². The number of hydrogen-bond acceptors (Lipinski definition) is 4. The second kappa shape index (κ2) is 7.15. The summed E-state index contributed by atoms with van der Waals surface area (Å²) >= 11 is 13.0. The average Bonchev–Trinajstić information content (AvgIpc) is 2.97. The Labute approximate surface area is 140 Å². The van der Waals surface area contributed by atoms with Crippen molar-refractivity contribution >= 4 is 44.6 Å². The zero-order valence-electron chi connectivity index (χ0n) is 12.1. The lowest BCUT2D eigenvalue weighted by molar-refractivity contribution is 0.336. The highest BCUT2D eigenvalue weighted by Crippen LogP contribution is 2.36. The van der Waals surface area contributed by atoms with Gasteiger partial charge in [0.25, 0.3) is 0 Å². The van der Waals surface area contributed by atoms with E-state index in [9.17, 15) is 8.42 Å². The van der Waals surface area contributed by atoms with Gasteiger partial charge in [-0.25, -0.2) is 8.42 Å². The highest BCUT2D eigenvalue weighted by Gasteiger charge is 2.31. The summed E-state index contributed by atoms with van der Waals surface area (Å²) in [5, 5.41) is 3.34. The summed E-state index contributed by atoms with van der Waals surface area (Å²) in [6.07, 6.45) is 2.09. The van der Waals surface area contributed by atoms with Gasteiger partial charge in [0.1, 0.15) is 9.23 Å². The van der Waals surface area contributed by atoms with E-state index in [-0.39, 0.29) is 21.2 Å². The Morgan fingerprint density at radius 1 is 1.48 bits per heavy atom. The topological polar surface area (TPSA) is 49.4 Å². The molecular weight excluding hydrogens is 351 g/mol. The first-order valence-electron chi connectivity index (χ1n) is 6.99. The van der Waals surface area contributed by atoms with E-state index in [0.29, 0.717) is 17.4 Å². The van der Waals surface area contributed by atoms with Crippen LogP contribution in [-0.2, 0) is 10.0 Å². The predicted molar refractivity (Wildman–Crippen MR) is 89.0 cm³/mol. The van der Waals surface area contributed by atoms with Gasteiger partial charge in [-0.2, -0.15) is 4.31 Å². The summed E-state index contributed by atoms with van der Waals surface area (Å²) in [4.78, 5) is 0.123. The molecule has 1 aliphatic heterocycles. The fourth-order valence-corrected chi connectivity index (χ4v) is 6.24. The van der Waals surface area contributed by atoms with Crippen LogP contribution in [0.5, 0.6) is 0 Å². The van der Waals surface area contributed by atoms with Crippen LogP contribution >= 0.6 is 34.5 Å². The van der Waals surface area contributed by atoms with Gasteiger partial charge in [-0.3, -0.25) is 0 Å². The minimum Gasteiger partial charge on any atom is -0.313 e. The van der Waals surface area contributed by atoms with Crippen LogP contribution in [0.1, 0.15) is 26.7 Å². The number of nitrogens with zero attached hydrogens (tertiary/aromatic N) is 1. The van der Waals surface area contributed by atoms with Gasteiger partial charge >= 0.3 is 0 Å². The van der Waals surface area contributed by atoms with Crippen molar-refractivity contribution in [3.8, 4) is 0 Å². The Hall–Kier alpha value is 0.150. The van der Waals surface area contributed by atoms with E-state index in [0.717, 1.165) is 30.7 Å². The highest BCUT2D eigenvalue weighted by molar-refractivity contribution is 7.89. The van der Waals surface area contributed by atoms with Crippen LogP contribution in [0.15, 0.2) is 11.0 Å². The third kappa shape index (κ3) is 4.33. The molecule has 4 nitrogen and oxygen atoms in total. The summed E-state index contributed by atoms with van der Waals surface area (Å²) in [5.41, 5.74) is 0. The number of nitrogens with one attached hydrogen (secondary N) is 1. The lowest BCUT2D eigenvalue weighted by Crippen LogP contribution is -2.42. The molecule has 8 heteroatoms. The van der Waals surface area contributed by atoms with Crippen molar-refractivity contribution in [1.82, 2.24) is 9.62 Å². The molecule has 1 saturated heterocycles. The van der Waals surface area contributed by atoms with Gasteiger partial charge in [0.2, 0.25) is 10.0 Å². The molecule has 2 rings (SSSR count). The largest absolute Gasteiger partial charge is 0.313 e. The van der Waals surface area contributed by atoms with Crippen LogP contribution in [0.3, 0.4) is 0 Å². The number of thiophene rings is 1. The first kappa shape index (κ1) is 17.5. The second-order valence-corrected chi connectivity index (χ2v) is 9.89. The maximum atomic E-state index is 12.9. The number of rotatable bonds is 6. The van der Waals surface area contributed by atoms with Gasteiger partial charge in [0.05, 0.1) is 4.34 Å². The standard InChI is InChI=1S/C13H20Cl2N2O2S2/c1-9(2)7-17(8-10-4-3-5-16-10)21(18,19)11-6-12(14)20-13(11)15/h6,9-10,16H,3-5,7-8H2,1-2H3. The SMILES string of the molecule is CC(C)CN(CC1CCCN1)S(=O)(=O)c1cc(Cl)sc1Cl. The van der Waals surface area contributed by atoms with E-state index in [1.807, 2.05) is 13.8 Å². The zero-order valence-corrected chi connectivity index (χ0v) is 15.2. The number of hydrogen-bond donors (Lipinski definition) is 1. The van der Waals surface area contributed by atoms with E-state index >= 15 is 0 Å². The molecule has 0 amide bonds. The van der Waals surface area contributed by atoms with Gasteiger partial charge in [-0.1, -0.05) is 37.0 Å². The van der Waals surface area contributed by atoms with E-state index in [1.165, 1.54) is 10.4 Å². The molecule has 21 heavy (non-hydrogen) atoms. The maximum absolute atomic E-state index is 12.9. The summed E-state index contributed by atoms with van der Waals surface area (Å²) in [6.45, 7) is 5.92. The Bertz CT molecular complexity index is 581. The molecule has 0 saturated carbocycles. The lowest BCUT2D eigenvalue weighted by atomic mass is 10.2. The fourth-order valence-electron chi connectivity index (χ4n) is 2.48. The molecule has 1 aliphatic rings. The van der Waals surface area contributed by atoms with Crippen molar-refractivity contribution in [1.29, 1.82) is 0 Å². The maximum Gasteiger partial charge on any atom is 0.245 e. The van der Waals surface area contributed by atoms with E-state index in [4.69, 9.17) is 23.2 Å². The minimum atomic E-state index is -3.61. The Morgan fingerprint density at radius 2 is 2.19 bits per heavy atom. The quantitative estimate of drug-likeness (QED) is 0.833. The molecule has 1 N–H and O–H groups in total. The molecule has 0 bridgehead atoms. The van der Waals surface area contributed by atoms with Crippen molar-refractivity contribution < 1.29 is 8.42 Å².